The molecule has 3 rings (SSSR count). The SMILES string of the molecule is CC1CCCCC12NC(=O)N(CC(O)c1ccccc1)C2=O. The van der Waals surface area contributed by atoms with Crippen LogP contribution in [0.15, 0.2) is 30.3 Å². The smallest absolute Gasteiger partial charge is 0.325 e. The lowest BCUT2D eigenvalue weighted by Gasteiger charge is -2.36. The van der Waals surface area contributed by atoms with Crippen LogP contribution < -0.4 is 5.32 Å². The number of hydrogen-bond donors (Lipinski definition) is 2. The summed E-state index contributed by atoms with van der Waals surface area (Å²) >= 11 is 0. The van der Waals surface area contributed by atoms with Crippen molar-refractivity contribution in [2.24, 2.45) is 5.92 Å². The topological polar surface area (TPSA) is 69.6 Å². The third-order valence-electron chi connectivity index (χ3n) is 5.04. The fraction of sp³-hybridized carbons (Fsp3) is 0.529. The summed E-state index contributed by atoms with van der Waals surface area (Å²) in [7, 11) is 0. The highest BCUT2D eigenvalue weighted by Gasteiger charge is 2.55. The van der Waals surface area contributed by atoms with Gasteiger partial charge in [0, 0.05) is 0 Å². The molecule has 5 nitrogen and oxygen atoms in total. The van der Waals surface area contributed by atoms with Gasteiger partial charge < -0.3 is 10.4 Å². The monoisotopic (exact) mass is 302 g/mol. The van der Waals surface area contributed by atoms with Crippen molar-refractivity contribution in [2.75, 3.05) is 6.54 Å². The predicted molar refractivity (Wildman–Crippen MR) is 82.0 cm³/mol. The number of urea groups is 1. The Morgan fingerprint density at radius 2 is 2.05 bits per heavy atom. The van der Waals surface area contributed by atoms with Gasteiger partial charge in [-0.2, -0.15) is 0 Å². The summed E-state index contributed by atoms with van der Waals surface area (Å²) in [5.74, 6) is -0.0451. The average molecular weight is 302 g/mol. The molecule has 5 heteroatoms. The molecule has 3 atom stereocenters. The van der Waals surface area contributed by atoms with E-state index in [1.54, 1.807) is 12.1 Å². The lowest BCUT2D eigenvalue weighted by Crippen LogP contribution is -2.54. The highest BCUT2D eigenvalue weighted by atomic mass is 16.3. The van der Waals surface area contributed by atoms with Gasteiger partial charge in [-0.1, -0.05) is 50.1 Å². The van der Waals surface area contributed by atoms with Gasteiger partial charge in [-0.15, -0.1) is 0 Å². The van der Waals surface area contributed by atoms with Crippen LogP contribution in [0.25, 0.3) is 0 Å². The molecule has 3 amide bonds. The van der Waals surface area contributed by atoms with E-state index in [9.17, 15) is 14.7 Å². The Bertz CT molecular complexity index is 575. The standard InChI is InChI=1S/C17H22N2O3/c1-12-7-5-6-10-17(12)15(21)19(16(22)18-17)11-14(20)13-8-3-2-4-9-13/h2-4,8-9,12,14,20H,5-7,10-11H2,1H3,(H,18,22). The molecule has 1 saturated carbocycles. The lowest BCUT2D eigenvalue weighted by atomic mass is 9.73. The van der Waals surface area contributed by atoms with E-state index in [0.717, 1.165) is 19.3 Å². The molecular weight excluding hydrogens is 280 g/mol. The van der Waals surface area contributed by atoms with E-state index in [0.29, 0.717) is 12.0 Å². The van der Waals surface area contributed by atoms with Crippen molar-refractivity contribution in [1.82, 2.24) is 10.2 Å². The lowest BCUT2D eigenvalue weighted by molar-refractivity contribution is -0.135. The summed E-state index contributed by atoms with van der Waals surface area (Å²) in [4.78, 5) is 26.2. The number of nitrogens with zero attached hydrogens (tertiary/aromatic N) is 1. The van der Waals surface area contributed by atoms with E-state index in [1.165, 1.54) is 4.90 Å². The van der Waals surface area contributed by atoms with Gasteiger partial charge >= 0.3 is 6.03 Å². The Hall–Kier alpha value is -1.88. The van der Waals surface area contributed by atoms with Gasteiger partial charge in [0.05, 0.1) is 12.6 Å². The van der Waals surface area contributed by atoms with E-state index in [1.807, 2.05) is 25.1 Å². The third kappa shape index (κ3) is 2.39. The van der Waals surface area contributed by atoms with Crippen molar-refractivity contribution < 1.29 is 14.7 Å². The van der Waals surface area contributed by atoms with Crippen LogP contribution in [0.1, 0.15) is 44.3 Å². The van der Waals surface area contributed by atoms with Crippen molar-refractivity contribution >= 4 is 11.9 Å². The predicted octanol–water partition coefficient (Wildman–Crippen LogP) is 2.22. The number of imide groups is 1. The Morgan fingerprint density at radius 1 is 1.32 bits per heavy atom. The van der Waals surface area contributed by atoms with E-state index in [2.05, 4.69) is 5.32 Å². The maximum absolute atomic E-state index is 12.8. The second kappa shape index (κ2) is 5.72. The molecule has 118 valence electrons. The van der Waals surface area contributed by atoms with Crippen LogP contribution in [0.4, 0.5) is 4.79 Å². The molecule has 2 N–H and O–H groups in total. The summed E-state index contributed by atoms with van der Waals surface area (Å²) in [6, 6.07) is 8.73. The van der Waals surface area contributed by atoms with Gasteiger partial charge in [-0.05, 0) is 24.3 Å². The number of hydrogen-bond acceptors (Lipinski definition) is 3. The molecule has 22 heavy (non-hydrogen) atoms. The highest BCUT2D eigenvalue weighted by Crippen LogP contribution is 2.38. The molecule has 0 radical (unpaired) electrons. The van der Waals surface area contributed by atoms with Crippen LogP contribution in [0.2, 0.25) is 0 Å². The number of carbonyl (C=O) groups is 2. The van der Waals surface area contributed by atoms with Crippen molar-refractivity contribution in [1.29, 1.82) is 0 Å². The summed E-state index contributed by atoms with van der Waals surface area (Å²) < 4.78 is 0. The fourth-order valence-corrected chi connectivity index (χ4v) is 3.61. The van der Waals surface area contributed by atoms with Gasteiger partial charge in [0.15, 0.2) is 0 Å². The number of aliphatic hydroxyl groups is 1. The zero-order chi connectivity index (χ0) is 15.7. The molecule has 3 unspecified atom stereocenters. The number of amides is 3. The van der Waals surface area contributed by atoms with Crippen molar-refractivity contribution in [2.45, 2.75) is 44.2 Å². The van der Waals surface area contributed by atoms with Crippen LogP contribution in [0, 0.1) is 5.92 Å². The molecular formula is C17H22N2O3. The first-order chi connectivity index (χ1) is 10.5. The first-order valence-corrected chi connectivity index (χ1v) is 7.92. The molecule has 1 aliphatic carbocycles. The van der Waals surface area contributed by atoms with Crippen molar-refractivity contribution in [3.05, 3.63) is 35.9 Å². The van der Waals surface area contributed by atoms with Gasteiger partial charge in [-0.3, -0.25) is 9.69 Å². The Morgan fingerprint density at radius 3 is 2.73 bits per heavy atom. The largest absolute Gasteiger partial charge is 0.387 e. The zero-order valence-corrected chi connectivity index (χ0v) is 12.8. The first-order valence-electron chi connectivity index (χ1n) is 7.92. The summed E-state index contributed by atoms with van der Waals surface area (Å²) in [6.45, 7) is 2.03. The van der Waals surface area contributed by atoms with Gasteiger partial charge in [0.25, 0.3) is 5.91 Å². The van der Waals surface area contributed by atoms with Crippen LogP contribution in [0.3, 0.4) is 0 Å². The van der Waals surface area contributed by atoms with Crippen molar-refractivity contribution in [3.63, 3.8) is 0 Å². The molecule has 1 saturated heterocycles. The molecule has 2 aliphatic rings. The Kier molecular flexibility index (Phi) is 3.91. The van der Waals surface area contributed by atoms with E-state index < -0.39 is 11.6 Å². The van der Waals surface area contributed by atoms with E-state index in [4.69, 9.17) is 0 Å². The maximum Gasteiger partial charge on any atom is 0.325 e. The van der Waals surface area contributed by atoms with E-state index in [-0.39, 0.29) is 24.4 Å². The molecule has 1 spiro atoms. The minimum absolute atomic E-state index is 0.00312. The van der Waals surface area contributed by atoms with Crippen LogP contribution in [0.5, 0.6) is 0 Å². The number of nitrogens with one attached hydrogen (secondary N) is 1. The van der Waals surface area contributed by atoms with Crippen LogP contribution in [-0.2, 0) is 4.79 Å². The Labute approximate surface area is 130 Å². The number of aliphatic hydroxyl groups excluding tert-OH is 1. The quantitative estimate of drug-likeness (QED) is 0.841. The summed E-state index contributed by atoms with van der Waals surface area (Å²) in [6.07, 6.45) is 2.83. The minimum Gasteiger partial charge on any atom is -0.387 e. The third-order valence-corrected chi connectivity index (χ3v) is 5.04. The van der Waals surface area contributed by atoms with Gasteiger partial charge in [-0.25, -0.2) is 4.79 Å². The van der Waals surface area contributed by atoms with Gasteiger partial charge in [0.2, 0.25) is 0 Å². The average Bonchev–Trinajstić information content (AvgIpc) is 2.76. The summed E-state index contributed by atoms with van der Waals surface area (Å²) in [5.41, 5.74) is -0.0492. The molecule has 1 aliphatic heterocycles. The fourth-order valence-electron chi connectivity index (χ4n) is 3.61. The minimum atomic E-state index is -0.857. The summed E-state index contributed by atoms with van der Waals surface area (Å²) in [5, 5.41) is 13.2. The number of rotatable bonds is 3. The zero-order valence-electron chi connectivity index (χ0n) is 12.8. The second-order valence-corrected chi connectivity index (χ2v) is 6.39. The van der Waals surface area contributed by atoms with Crippen LogP contribution in [-0.4, -0.2) is 34.0 Å². The van der Waals surface area contributed by atoms with E-state index >= 15 is 0 Å². The number of benzene rings is 1. The molecule has 1 heterocycles. The first kappa shape index (κ1) is 15.0. The van der Waals surface area contributed by atoms with Gasteiger partial charge in [0.1, 0.15) is 5.54 Å². The molecule has 1 aromatic rings. The van der Waals surface area contributed by atoms with Crippen molar-refractivity contribution in [3.8, 4) is 0 Å². The molecule has 0 aromatic heterocycles. The Balaban J connectivity index is 1.77. The van der Waals surface area contributed by atoms with Crippen LogP contribution >= 0.6 is 0 Å². The molecule has 1 aromatic carbocycles. The highest BCUT2D eigenvalue weighted by molar-refractivity contribution is 6.07. The molecule has 0 bridgehead atoms. The maximum atomic E-state index is 12.8. The number of β-amino-alcohol motifs (C(OH)–C–C–N with tert-alkyl or cyclic N) is 1. The molecule has 2 fully saturated rings. The number of carbonyl (C=O) groups excluding carboxylic acids is 2. The second-order valence-electron chi connectivity index (χ2n) is 6.39. The normalized spacial score (nSPS) is 29.7.